The van der Waals surface area contributed by atoms with Gasteiger partial charge in [-0.1, -0.05) is 0 Å². The van der Waals surface area contributed by atoms with Crippen LogP contribution in [0.25, 0.3) is 0 Å². The maximum absolute atomic E-state index is 12.7. The van der Waals surface area contributed by atoms with E-state index in [9.17, 15) is 4.39 Å². The highest BCUT2D eigenvalue weighted by atomic mass is 32.1. The van der Waals surface area contributed by atoms with E-state index in [1.807, 2.05) is 6.20 Å². The van der Waals surface area contributed by atoms with Gasteiger partial charge in [0.25, 0.3) is 0 Å². The Balaban J connectivity index is 1.89. The Morgan fingerprint density at radius 3 is 3.12 bits per heavy atom. The summed E-state index contributed by atoms with van der Waals surface area (Å²) in [6.07, 6.45) is 3.55. The van der Waals surface area contributed by atoms with Gasteiger partial charge in [0.2, 0.25) is 0 Å². The molecule has 2 aromatic heterocycles. The summed E-state index contributed by atoms with van der Waals surface area (Å²) in [6, 6.07) is 3.24. The van der Waals surface area contributed by atoms with Gasteiger partial charge in [0.1, 0.15) is 6.73 Å². The molecule has 2 rings (SSSR count). The molecule has 6 heteroatoms. The second-order valence-corrected chi connectivity index (χ2v) is 4.36. The van der Waals surface area contributed by atoms with Crippen molar-refractivity contribution in [2.75, 3.05) is 12.4 Å². The molecule has 0 bridgehead atoms. The Morgan fingerprint density at radius 2 is 2.44 bits per heavy atom. The van der Waals surface area contributed by atoms with Gasteiger partial charge in [-0.3, -0.25) is 0 Å². The maximum atomic E-state index is 12.7. The molecule has 16 heavy (non-hydrogen) atoms. The number of hydrogen-bond acceptors (Lipinski definition) is 4. The van der Waals surface area contributed by atoms with Crippen LogP contribution in [0.3, 0.4) is 0 Å². The van der Waals surface area contributed by atoms with Crippen molar-refractivity contribution in [3.05, 3.63) is 34.5 Å². The number of hydrogen-bond donors (Lipinski definition) is 1. The molecule has 0 saturated carbocycles. The number of aromatic nitrogens is 2. The zero-order chi connectivity index (χ0) is 11.4. The summed E-state index contributed by atoms with van der Waals surface area (Å²) in [5.74, 6) is 0. The van der Waals surface area contributed by atoms with Gasteiger partial charge < -0.3 is 10.1 Å². The molecule has 0 spiro atoms. The van der Waals surface area contributed by atoms with Crippen LogP contribution in [0.2, 0.25) is 0 Å². The second-order valence-electron chi connectivity index (χ2n) is 3.25. The molecular formula is C10H12FN3OS. The van der Waals surface area contributed by atoms with Crippen molar-refractivity contribution in [2.45, 2.75) is 13.3 Å². The third-order valence-corrected chi connectivity index (χ3v) is 2.86. The first-order valence-corrected chi connectivity index (χ1v) is 5.59. The standard InChI is InChI=1S/C10H12FN3OS/c1-15-7-14-6-8(4-13-14)12-5-9-2-3-10(11)16-9/h2-4,6,12H,5,7H2,1H3. The summed E-state index contributed by atoms with van der Waals surface area (Å²) in [5, 5.41) is 7.08. The summed E-state index contributed by atoms with van der Waals surface area (Å²) in [4.78, 5) is 0.956. The van der Waals surface area contributed by atoms with E-state index in [0.29, 0.717) is 13.3 Å². The summed E-state index contributed by atoms with van der Waals surface area (Å²) in [7, 11) is 1.61. The summed E-state index contributed by atoms with van der Waals surface area (Å²) < 4.78 is 19.3. The molecule has 0 fully saturated rings. The van der Waals surface area contributed by atoms with Crippen molar-refractivity contribution in [2.24, 2.45) is 0 Å². The molecular weight excluding hydrogens is 229 g/mol. The van der Waals surface area contributed by atoms with Crippen molar-refractivity contribution in [1.82, 2.24) is 9.78 Å². The fourth-order valence-corrected chi connectivity index (χ4v) is 1.96. The van der Waals surface area contributed by atoms with Crippen molar-refractivity contribution in [1.29, 1.82) is 0 Å². The predicted molar refractivity (Wildman–Crippen MR) is 60.8 cm³/mol. The monoisotopic (exact) mass is 241 g/mol. The van der Waals surface area contributed by atoms with E-state index < -0.39 is 0 Å². The molecule has 0 saturated heterocycles. The number of halogens is 1. The minimum absolute atomic E-state index is 0.160. The highest BCUT2D eigenvalue weighted by Gasteiger charge is 2.00. The predicted octanol–water partition coefficient (Wildman–Crippen LogP) is 2.30. The molecule has 0 aliphatic heterocycles. The average Bonchev–Trinajstić information content (AvgIpc) is 2.85. The van der Waals surface area contributed by atoms with E-state index in [4.69, 9.17) is 4.74 Å². The first-order valence-electron chi connectivity index (χ1n) is 4.77. The van der Waals surface area contributed by atoms with Gasteiger partial charge in [0, 0.05) is 18.5 Å². The minimum Gasteiger partial charge on any atom is -0.378 e. The lowest BCUT2D eigenvalue weighted by Crippen LogP contribution is -1.99. The number of rotatable bonds is 5. The van der Waals surface area contributed by atoms with E-state index in [-0.39, 0.29) is 5.13 Å². The van der Waals surface area contributed by atoms with Gasteiger partial charge >= 0.3 is 0 Å². The first kappa shape index (κ1) is 11.1. The Hall–Kier alpha value is -1.40. The smallest absolute Gasteiger partial charge is 0.176 e. The van der Waals surface area contributed by atoms with Crippen LogP contribution < -0.4 is 5.32 Å². The van der Waals surface area contributed by atoms with Crippen LogP contribution in [0.1, 0.15) is 4.88 Å². The number of methoxy groups -OCH3 is 1. The highest BCUT2D eigenvalue weighted by Crippen LogP contribution is 2.16. The molecule has 0 unspecified atom stereocenters. The van der Waals surface area contributed by atoms with Gasteiger partial charge in [0.15, 0.2) is 5.13 Å². The molecule has 0 aliphatic carbocycles. The topological polar surface area (TPSA) is 39.1 Å². The van der Waals surface area contributed by atoms with Crippen LogP contribution in [0.15, 0.2) is 24.5 Å². The van der Waals surface area contributed by atoms with Crippen LogP contribution in [0.4, 0.5) is 10.1 Å². The lowest BCUT2D eigenvalue weighted by atomic mass is 10.4. The molecule has 0 aliphatic rings. The number of nitrogens with one attached hydrogen (secondary N) is 1. The van der Waals surface area contributed by atoms with Crippen LogP contribution in [-0.4, -0.2) is 16.9 Å². The molecule has 0 radical (unpaired) electrons. The van der Waals surface area contributed by atoms with Crippen LogP contribution in [0, 0.1) is 5.13 Å². The van der Waals surface area contributed by atoms with Crippen LogP contribution >= 0.6 is 11.3 Å². The minimum atomic E-state index is -0.160. The number of thiophene rings is 1. The average molecular weight is 241 g/mol. The molecule has 86 valence electrons. The Morgan fingerprint density at radius 1 is 1.56 bits per heavy atom. The van der Waals surface area contributed by atoms with Crippen molar-refractivity contribution >= 4 is 17.0 Å². The van der Waals surface area contributed by atoms with Crippen molar-refractivity contribution in [3.63, 3.8) is 0 Å². The van der Waals surface area contributed by atoms with Gasteiger partial charge in [-0.2, -0.15) is 9.49 Å². The fraction of sp³-hybridized carbons (Fsp3) is 0.300. The van der Waals surface area contributed by atoms with Crippen LogP contribution in [-0.2, 0) is 18.0 Å². The van der Waals surface area contributed by atoms with E-state index in [2.05, 4.69) is 10.4 Å². The Kier molecular flexibility index (Phi) is 3.53. The summed E-state index contributed by atoms with van der Waals surface area (Å²) >= 11 is 1.14. The normalized spacial score (nSPS) is 10.6. The quantitative estimate of drug-likeness (QED) is 0.873. The van der Waals surface area contributed by atoms with Gasteiger partial charge in [0.05, 0.1) is 18.1 Å². The zero-order valence-corrected chi connectivity index (χ0v) is 9.63. The first-order chi connectivity index (χ1) is 7.78. The largest absolute Gasteiger partial charge is 0.378 e. The van der Waals surface area contributed by atoms with E-state index in [1.165, 1.54) is 6.07 Å². The zero-order valence-electron chi connectivity index (χ0n) is 8.81. The van der Waals surface area contributed by atoms with Gasteiger partial charge in [-0.15, -0.1) is 11.3 Å². The highest BCUT2D eigenvalue weighted by molar-refractivity contribution is 7.10. The van der Waals surface area contributed by atoms with Crippen LogP contribution in [0.5, 0.6) is 0 Å². The number of anilines is 1. The Labute approximate surface area is 96.7 Å². The molecule has 1 N–H and O–H groups in total. The summed E-state index contributed by atoms with van der Waals surface area (Å²) in [5.41, 5.74) is 0.894. The van der Waals surface area contributed by atoms with E-state index >= 15 is 0 Å². The SMILES string of the molecule is COCn1cc(NCc2ccc(F)s2)cn1. The number of nitrogens with zero attached hydrogens (tertiary/aromatic N) is 2. The third kappa shape index (κ3) is 2.80. The summed E-state index contributed by atoms with van der Waals surface area (Å²) in [6.45, 7) is 1.03. The van der Waals surface area contributed by atoms with Crippen molar-refractivity contribution in [3.8, 4) is 0 Å². The lowest BCUT2D eigenvalue weighted by molar-refractivity contribution is 0.120. The molecule has 4 nitrogen and oxygen atoms in total. The van der Waals surface area contributed by atoms with Gasteiger partial charge in [-0.25, -0.2) is 4.68 Å². The molecule has 0 amide bonds. The number of ether oxygens (including phenoxy) is 1. The molecule has 0 atom stereocenters. The fourth-order valence-electron chi connectivity index (χ4n) is 1.29. The van der Waals surface area contributed by atoms with E-state index in [1.54, 1.807) is 24.1 Å². The molecule has 2 aromatic rings. The second kappa shape index (κ2) is 5.09. The molecule has 0 aromatic carbocycles. The Bertz CT molecular complexity index is 454. The van der Waals surface area contributed by atoms with E-state index in [0.717, 1.165) is 21.9 Å². The lowest BCUT2D eigenvalue weighted by Gasteiger charge is -2.00. The maximum Gasteiger partial charge on any atom is 0.176 e. The van der Waals surface area contributed by atoms with Crippen molar-refractivity contribution < 1.29 is 9.13 Å². The molecule has 2 heterocycles. The third-order valence-electron chi connectivity index (χ3n) is 1.99. The van der Waals surface area contributed by atoms with Gasteiger partial charge in [-0.05, 0) is 12.1 Å².